The zero-order chi connectivity index (χ0) is 31.7. The van der Waals surface area contributed by atoms with Gasteiger partial charge in [0.1, 0.15) is 11.8 Å². The van der Waals surface area contributed by atoms with Gasteiger partial charge in [0, 0.05) is 66.2 Å². The summed E-state index contributed by atoms with van der Waals surface area (Å²) < 4.78 is 1.47. The molecule has 4 amide bonds. The number of piperazine rings is 1. The summed E-state index contributed by atoms with van der Waals surface area (Å²) in [6.45, 7) is 2.20. The molecule has 1 aromatic heterocycles. The Morgan fingerprint density at radius 1 is 1.16 bits per heavy atom. The molecule has 0 radical (unpaired) electrons. The van der Waals surface area contributed by atoms with E-state index in [1.807, 2.05) is 0 Å². The van der Waals surface area contributed by atoms with Crippen molar-refractivity contribution < 1.29 is 33.9 Å². The fourth-order valence-electron chi connectivity index (χ4n) is 5.52. The van der Waals surface area contributed by atoms with Gasteiger partial charge < -0.3 is 15.3 Å². The van der Waals surface area contributed by atoms with E-state index in [-0.39, 0.29) is 30.9 Å². The van der Waals surface area contributed by atoms with Crippen LogP contribution in [0.1, 0.15) is 24.9 Å². The second-order valence-corrected chi connectivity index (χ2v) is 13.1. The van der Waals surface area contributed by atoms with Crippen LogP contribution in [0.15, 0.2) is 45.5 Å². The zero-order valence-corrected chi connectivity index (χ0v) is 26.2. The minimum atomic E-state index is -1.22. The monoisotopic (exact) mass is 659 g/mol. The number of aromatic nitrogens is 4. The predicted molar refractivity (Wildman–Crippen MR) is 161 cm³/mol. The normalized spacial score (nSPS) is 22.4. The number of nitrogens with zero attached hydrogens (tertiary/aromatic N) is 6. The van der Waals surface area contributed by atoms with Gasteiger partial charge in [-0.25, -0.2) is 14.3 Å². The maximum Gasteiger partial charge on any atom is 0.332 e. The van der Waals surface area contributed by atoms with E-state index in [0.29, 0.717) is 39.2 Å². The number of hydrogen-bond acceptors (Lipinski definition) is 12. The SMILES string of the molecule is CCN1CCN(C(=O)N[C@@H](C(=O)C[C@@H]2C(=O)C3C(C(=O)O)=C(CSc4nnnn4C)CSC32)c2ccc(S)cc2)C(=O)C1=O. The zero-order valence-electron chi connectivity index (χ0n) is 23.7. The number of aryl methyl sites for hydroxylation is 1. The Kier molecular flexibility index (Phi) is 9.45. The molecule has 44 heavy (non-hydrogen) atoms. The Morgan fingerprint density at radius 3 is 2.52 bits per heavy atom. The number of aliphatic carboxylic acids is 1. The highest BCUT2D eigenvalue weighted by Crippen LogP contribution is 2.51. The molecule has 2 aliphatic heterocycles. The Bertz CT molecular complexity index is 1560. The third-order valence-corrected chi connectivity index (χ3v) is 10.8. The number of thiol groups is 1. The molecular formula is C27H29N7O7S3. The van der Waals surface area contributed by atoms with Crippen molar-refractivity contribution in [3.8, 4) is 0 Å². The van der Waals surface area contributed by atoms with E-state index in [4.69, 9.17) is 0 Å². The van der Waals surface area contributed by atoms with Gasteiger partial charge in [-0.2, -0.15) is 11.8 Å². The first-order valence-electron chi connectivity index (χ1n) is 13.7. The molecule has 5 rings (SSSR count). The number of rotatable bonds is 10. The van der Waals surface area contributed by atoms with Crippen molar-refractivity contribution in [3.05, 3.63) is 41.0 Å². The van der Waals surface area contributed by atoms with E-state index in [1.165, 1.54) is 33.1 Å². The fourth-order valence-corrected chi connectivity index (χ4v) is 8.25. The lowest BCUT2D eigenvalue weighted by molar-refractivity contribution is -0.153. The van der Waals surface area contributed by atoms with Crippen molar-refractivity contribution in [2.75, 3.05) is 31.1 Å². The summed E-state index contributed by atoms with van der Waals surface area (Å²) >= 11 is 6.98. The van der Waals surface area contributed by atoms with Crippen molar-refractivity contribution in [3.63, 3.8) is 0 Å². The van der Waals surface area contributed by atoms with E-state index < -0.39 is 52.7 Å². The highest BCUT2D eigenvalue weighted by molar-refractivity contribution is 8.01. The number of Topliss-reactive ketones (excluding diaryl/α,β-unsaturated/α-hetero) is 2. The standard InChI is InChI=1S/C27H29N7O7S3/c1-3-33-8-9-34(24(38)23(33)37)26(41)28-20(13-4-6-15(42)7-5-13)17(35)10-16-21(36)19-18(25(39)40)14(11-43-22(16)19)12-44-27-29-30-31-32(27)2/h4-7,16,19-20,22,42H,3,8-12H2,1-2H3,(H,28,41)(H,39,40)/t16-,19?,20-,22?/m1/s1. The molecule has 2 fully saturated rings. The smallest absolute Gasteiger partial charge is 0.332 e. The van der Waals surface area contributed by atoms with Crippen LogP contribution in [0.2, 0.25) is 0 Å². The van der Waals surface area contributed by atoms with Crippen molar-refractivity contribution in [1.82, 2.24) is 35.3 Å². The van der Waals surface area contributed by atoms with Crippen molar-refractivity contribution >= 4 is 71.5 Å². The molecule has 2 unspecified atom stereocenters. The summed E-state index contributed by atoms with van der Waals surface area (Å²) in [5.41, 5.74) is 1.07. The van der Waals surface area contributed by atoms with Gasteiger partial charge in [-0.05, 0) is 40.6 Å². The molecule has 17 heteroatoms. The number of nitrogens with one attached hydrogen (secondary N) is 1. The van der Waals surface area contributed by atoms with Gasteiger partial charge in [-0.3, -0.25) is 24.1 Å². The van der Waals surface area contributed by atoms with Crippen LogP contribution in [-0.4, -0.2) is 107 Å². The van der Waals surface area contributed by atoms with Gasteiger partial charge in [-0.15, -0.1) is 17.7 Å². The van der Waals surface area contributed by atoms with Crippen molar-refractivity contribution in [2.24, 2.45) is 18.9 Å². The number of tetrazole rings is 1. The number of carbonyl (C=O) groups excluding carboxylic acids is 5. The summed E-state index contributed by atoms with van der Waals surface area (Å²) in [6.07, 6.45) is -0.237. The molecule has 0 spiro atoms. The second-order valence-electron chi connectivity index (χ2n) is 10.4. The van der Waals surface area contributed by atoms with E-state index in [0.717, 1.165) is 4.90 Å². The number of carboxylic acids is 1. The van der Waals surface area contributed by atoms with E-state index in [2.05, 4.69) is 33.5 Å². The minimum Gasteiger partial charge on any atom is -0.478 e. The molecule has 2 N–H and O–H groups in total. The topological polar surface area (TPSA) is 185 Å². The number of imide groups is 1. The lowest BCUT2D eigenvalue weighted by Crippen LogP contribution is -2.59. The number of thioether (sulfide) groups is 2. The van der Waals surface area contributed by atoms with Gasteiger partial charge in [-0.1, -0.05) is 23.9 Å². The third-order valence-electron chi connectivity index (χ3n) is 7.90. The number of urea groups is 1. The minimum absolute atomic E-state index is 0.0275. The maximum atomic E-state index is 13.7. The highest BCUT2D eigenvalue weighted by atomic mass is 32.2. The number of amides is 4. The van der Waals surface area contributed by atoms with E-state index in [1.54, 1.807) is 38.2 Å². The van der Waals surface area contributed by atoms with Crippen LogP contribution in [-0.2, 0) is 31.0 Å². The average Bonchev–Trinajstić information content (AvgIpc) is 3.42. The predicted octanol–water partition coefficient (Wildman–Crippen LogP) is 1.00. The molecule has 1 aliphatic carbocycles. The van der Waals surface area contributed by atoms with Crippen LogP contribution >= 0.6 is 36.2 Å². The Balaban J connectivity index is 1.31. The summed E-state index contributed by atoms with van der Waals surface area (Å²) in [7, 11) is 1.67. The first-order chi connectivity index (χ1) is 21.0. The number of carboxylic acid groups (broad SMARTS) is 1. The Labute approximate surface area is 265 Å². The van der Waals surface area contributed by atoms with Gasteiger partial charge >= 0.3 is 23.8 Å². The molecule has 232 valence electrons. The number of likely N-dealkylation sites (N-methyl/N-ethyl adjacent to an activating group) is 1. The summed E-state index contributed by atoms with van der Waals surface area (Å²) in [5.74, 6) is -4.73. The molecule has 14 nitrogen and oxygen atoms in total. The van der Waals surface area contributed by atoms with Crippen LogP contribution in [0, 0.1) is 11.8 Å². The molecule has 1 saturated heterocycles. The molecule has 1 aromatic carbocycles. The lowest BCUT2D eigenvalue weighted by atomic mass is 9.65. The first-order valence-corrected chi connectivity index (χ1v) is 16.2. The maximum absolute atomic E-state index is 13.7. The summed E-state index contributed by atoms with van der Waals surface area (Å²) in [6, 6.07) is 4.38. The van der Waals surface area contributed by atoms with Crippen LogP contribution in [0.4, 0.5) is 4.79 Å². The quantitative estimate of drug-likeness (QED) is 0.187. The average molecular weight is 660 g/mol. The number of fused-ring (bicyclic) bond motifs is 1. The summed E-state index contributed by atoms with van der Waals surface area (Å²) in [4.78, 5) is 80.3. The Hall–Kier alpha value is -3.70. The van der Waals surface area contributed by atoms with Gasteiger partial charge in [0.15, 0.2) is 5.78 Å². The molecule has 3 aliphatic rings. The van der Waals surface area contributed by atoms with Crippen LogP contribution in [0.25, 0.3) is 0 Å². The van der Waals surface area contributed by atoms with Gasteiger partial charge in [0.25, 0.3) is 0 Å². The number of hydrogen-bond donors (Lipinski definition) is 3. The first kappa shape index (κ1) is 31.7. The summed E-state index contributed by atoms with van der Waals surface area (Å²) in [5, 5.41) is 24.0. The molecule has 1 saturated carbocycles. The van der Waals surface area contributed by atoms with Gasteiger partial charge in [0.2, 0.25) is 5.16 Å². The number of carbonyl (C=O) groups is 6. The lowest BCUT2D eigenvalue weighted by Gasteiger charge is -2.46. The molecular weight excluding hydrogens is 631 g/mol. The molecule has 4 atom stereocenters. The largest absolute Gasteiger partial charge is 0.478 e. The van der Waals surface area contributed by atoms with Crippen molar-refractivity contribution in [1.29, 1.82) is 0 Å². The number of benzene rings is 1. The molecule has 0 bridgehead atoms. The van der Waals surface area contributed by atoms with E-state index >= 15 is 0 Å². The molecule has 3 heterocycles. The third kappa shape index (κ3) is 6.12. The fraction of sp³-hybridized carbons (Fsp3) is 0.444. The van der Waals surface area contributed by atoms with Crippen LogP contribution in [0.3, 0.4) is 0 Å². The second kappa shape index (κ2) is 13.1. The van der Waals surface area contributed by atoms with E-state index in [9.17, 15) is 33.9 Å². The Morgan fingerprint density at radius 2 is 1.89 bits per heavy atom. The van der Waals surface area contributed by atoms with Crippen LogP contribution in [0.5, 0.6) is 0 Å². The van der Waals surface area contributed by atoms with Crippen LogP contribution < -0.4 is 5.32 Å². The molecule has 2 aromatic rings. The van der Waals surface area contributed by atoms with Crippen molar-refractivity contribution in [2.45, 2.75) is 34.7 Å². The van der Waals surface area contributed by atoms with Gasteiger partial charge in [0.05, 0.1) is 5.92 Å². The number of ketones is 2. The highest BCUT2D eigenvalue weighted by Gasteiger charge is 2.56.